The smallest absolute Gasteiger partial charge is 0.314 e. The molecule has 1 unspecified atom stereocenters. The Kier molecular flexibility index (Phi) is 2.73. The number of ether oxygens (including phenoxy) is 2. The number of hydrogen-bond acceptors (Lipinski definition) is 3. The van der Waals surface area contributed by atoms with Gasteiger partial charge >= 0.3 is 5.97 Å². The number of esters is 1. The number of methoxy groups -OCH3 is 1. The fourth-order valence-corrected chi connectivity index (χ4v) is 1.65. The lowest BCUT2D eigenvalue weighted by Crippen LogP contribution is -2.36. The van der Waals surface area contributed by atoms with Crippen molar-refractivity contribution in [3.63, 3.8) is 0 Å². The van der Waals surface area contributed by atoms with E-state index < -0.39 is 0 Å². The zero-order valence-corrected chi connectivity index (χ0v) is 7.92. The number of cyclic esters (lactones) is 1. The predicted octanol–water partition coefficient (Wildman–Crippen LogP) is 1.22. The third-order valence-corrected chi connectivity index (χ3v) is 2.69. The van der Waals surface area contributed by atoms with Gasteiger partial charge in [0, 0.05) is 13.5 Å². The summed E-state index contributed by atoms with van der Waals surface area (Å²) in [5.41, 5.74) is -0.380. The highest BCUT2D eigenvalue weighted by molar-refractivity contribution is 5.79. The molecule has 0 aromatic rings. The van der Waals surface area contributed by atoms with E-state index >= 15 is 0 Å². The van der Waals surface area contributed by atoms with Gasteiger partial charge in [0.2, 0.25) is 0 Å². The Morgan fingerprint density at radius 3 is 2.67 bits per heavy atom. The average molecular weight is 172 g/mol. The third-order valence-electron chi connectivity index (χ3n) is 2.69. The maximum Gasteiger partial charge on any atom is 0.314 e. The normalized spacial score (nSPS) is 29.5. The van der Waals surface area contributed by atoms with Crippen molar-refractivity contribution in [1.82, 2.24) is 0 Å². The molecule has 0 spiro atoms. The minimum absolute atomic E-state index is 0.0978. The van der Waals surface area contributed by atoms with Gasteiger partial charge in [-0.25, -0.2) is 0 Å². The van der Waals surface area contributed by atoms with Gasteiger partial charge < -0.3 is 9.47 Å². The van der Waals surface area contributed by atoms with Gasteiger partial charge in [-0.1, -0.05) is 13.8 Å². The predicted molar refractivity (Wildman–Crippen MR) is 44.7 cm³/mol. The number of carbonyl (C=O) groups is 1. The fourth-order valence-electron chi connectivity index (χ4n) is 1.65. The van der Waals surface area contributed by atoms with Crippen LogP contribution in [0.1, 0.15) is 20.3 Å². The van der Waals surface area contributed by atoms with Crippen LogP contribution in [0.25, 0.3) is 0 Å². The van der Waals surface area contributed by atoms with E-state index in [1.807, 2.05) is 13.8 Å². The highest BCUT2D eigenvalue weighted by Gasteiger charge is 2.47. The molecule has 0 aliphatic carbocycles. The second-order valence-corrected chi connectivity index (χ2v) is 3.63. The summed E-state index contributed by atoms with van der Waals surface area (Å²) in [5, 5.41) is 0. The first-order chi connectivity index (χ1) is 5.63. The first kappa shape index (κ1) is 9.52. The molecule has 1 saturated heterocycles. The van der Waals surface area contributed by atoms with Crippen molar-refractivity contribution in [2.45, 2.75) is 20.3 Å². The zero-order valence-electron chi connectivity index (χ0n) is 7.92. The SMILES string of the molecule is COCC1(C(C)C)CCOC1=O. The van der Waals surface area contributed by atoms with Gasteiger partial charge in [0.25, 0.3) is 0 Å². The molecule has 1 heterocycles. The van der Waals surface area contributed by atoms with Gasteiger partial charge in [-0.15, -0.1) is 0 Å². The van der Waals surface area contributed by atoms with Crippen LogP contribution in [-0.4, -0.2) is 26.3 Å². The molecule has 70 valence electrons. The Hall–Kier alpha value is -0.570. The summed E-state index contributed by atoms with van der Waals surface area (Å²) in [5.74, 6) is 0.187. The molecular weight excluding hydrogens is 156 g/mol. The van der Waals surface area contributed by atoms with E-state index in [-0.39, 0.29) is 17.3 Å². The molecule has 1 aliphatic heterocycles. The molecule has 1 fully saturated rings. The summed E-state index contributed by atoms with van der Waals surface area (Å²) in [7, 11) is 1.62. The quantitative estimate of drug-likeness (QED) is 0.600. The van der Waals surface area contributed by atoms with Crippen LogP contribution in [0.15, 0.2) is 0 Å². The second-order valence-electron chi connectivity index (χ2n) is 3.63. The summed E-state index contributed by atoms with van der Waals surface area (Å²) >= 11 is 0. The number of carbonyl (C=O) groups excluding carboxylic acids is 1. The van der Waals surface area contributed by atoms with Crippen molar-refractivity contribution >= 4 is 5.97 Å². The molecule has 0 bridgehead atoms. The minimum atomic E-state index is -0.380. The van der Waals surface area contributed by atoms with Crippen LogP contribution in [0, 0.1) is 11.3 Å². The van der Waals surface area contributed by atoms with E-state index in [2.05, 4.69) is 0 Å². The average Bonchev–Trinajstić information content (AvgIpc) is 2.34. The highest BCUT2D eigenvalue weighted by atomic mass is 16.5. The Balaban J connectivity index is 2.78. The molecule has 0 amide bonds. The Morgan fingerprint density at radius 2 is 2.33 bits per heavy atom. The molecule has 3 heteroatoms. The molecule has 12 heavy (non-hydrogen) atoms. The number of hydrogen-bond donors (Lipinski definition) is 0. The van der Waals surface area contributed by atoms with Crippen LogP contribution in [0.2, 0.25) is 0 Å². The summed E-state index contributed by atoms with van der Waals surface area (Å²) in [6.07, 6.45) is 0.789. The van der Waals surface area contributed by atoms with Crippen molar-refractivity contribution in [2.24, 2.45) is 11.3 Å². The highest BCUT2D eigenvalue weighted by Crippen LogP contribution is 2.37. The van der Waals surface area contributed by atoms with Crippen molar-refractivity contribution in [2.75, 3.05) is 20.3 Å². The van der Waals surface area contributed by atoms with E-state index in [1.165, 1.54) is 0 Å². The van der Waals surface area contributed by atoms with Crippen molar-refractivity contribution < 1.29 is 14.3 Å². The maximum absolute atomic E-state index is 11.4. The monoisotopic (exact) mass is 172 g/mol. The van der Waals surface area contributed by atoms with E-state index in [0.717, 1.165) is 6.42 Å². The van der Waals surface area contributed by atoms with Gasteiger partial charge in [0.15, 0.2) is 0 Å². The molecule has 1 rings (SSSR count). The van der Waals surface area contributed by atoms with Crippen molar-refractivity contribution in [3.05, 3.63) is 0 Å². The number of rotatable bonds is 3. The molecule has 1 aliphatic rings. The van der Waals surface area contributed by atoms with Crippen molar-refractivity contribution in [3.8, 4) is 0 Å². The van der Waals surface area contributed by atoms with E-state index in [9.17, 15) is 4.79 Å². The molecule has 0 aromatic carbocycles. The molecule has 3 nitrogen and oxygen atoms in total. The topological polar surface area (TPSA) is 35.5 Å². The molecule has 0 radical (unpaired) electrons. The molecule has 0 N–H and O–H groups in total. The van der Waals surface area contributed by atoms with Gasteiger partial charge in [0.1, 0.15) is 0 Å². The van der Waals surface area contributed by atoms with Crippen LogP contribution < -0.4 is 0 Å². The Bertz CT molecular complexity index is 177. The first-order valence-corrected chi connectivity index (χ1v) is 4.29. The van der Waals surface area contributed by atoms with Gasteiger partial charge in [0.05, 0.1) is 18.6 Å². The Labute approximate surface area is 73.0 Å². The standard InChI is InChI=1S/C9H16O3/c1-7(2)9(6-11-3)4-5-12-8(9)10/h7H,4-6H2,1-3H3. The van der Waals surface area contributed by atoms with Crippen LogP contribution in [-0.2, 0) is 14.3 Å². The van der Waals surface area contributed by atoms with Gasteiger partial charge in [-0.3, -0.25) is 4.79 Å². The molecule has 0 aromatic heterocycles. The largest absolute Gasteiger partial charge is 0.465 e. The first-order valence-electron chi connectivity index (χ1n) is 4.29. The van der Waals surface area contributed by atoms with E-state index in [4.69, 9.17) is 9.47 Å². The summed E-state index contributed by atoms with van der Waals surface area (Å²) in [6, 6.07) is 0. The Morgan fingerprint density at radius 1 is 1.67 bits per heavy atom. The maximum atomic E-state index is 11.4. The van der Waals surface area contributed by atoms with E-state index in [1.54, 1.807) is 7.11 Å². The van der Waals surface area contributed by atoms with Crippen LogP contribution >= 0.6 is 0 Å². The second kappa shape index (κ2) is 3.44. The van der Waals surface area contributed by atoms with Crippen LogP contribution in [0.3, 0.4) is 0 Å². The lowest BCUT2D eigenvalue weighted by molar-refractivity contribution is -0.151. The lowest BCUT2D eigenvalue weighted by atomic mass is 9.77. The van der Waals surface area contributed by atoms with Gasteiger partial charge in [-0.05, 0) is 5.92 Å². The molecule has 1 atom stereocenters. The minimum Gasteiger partial charge on any atom is -0.465 e. The summed E-state index contributed by atoms with van der Waals surface area (Å²) in [6.45, 7) is 5.08. The van der Waals surface area contributed by atoms with Gasteiger partial charge in [-0.2, -0.15) is 0 Å². The third kappa shape index (κ3) is 1.33. The summed E-state index contributed by atoms with van der Waals surface area (Å²) in [4.78, 5) is 11.4. The summed E-state index contributed by atoms with van der Waals surface area (Å²) < 4.78 is 10.0. The lowest BCUT2D eigenvalue weighted by Gasteiger charge is -2.27. The van der Waals surface area contributed by atoms with Crippen LogP contribution in [0.4, 0.5) is 0 Å². The van der Waals surface area contributed by atoms with Crippen molar-refractivity contribution in [1.29, 1.82) is 0 Å². The molecule has 0 saturated carbocycles. The zero-order chi connectivity index (χ0) is 9.19. The fraction of sp³-hybridized carbons (Fsp3) is 0.889. The van der Waals surface area contributed by atoms with E-state index in [0.29, 0.717) is 13.2 Å². The molecular formula is C9H16O3. The van der Waals surface area contributed by atoms with Crippen LogP contribution in [0.5, 0.6) is 0 Å².